The summed E-state index contributed by atoms with van der Waals surface area (Å²) < 4.78 is 7.61. The van der Waals surface area contributed by atoms with Crippen LogP contribution in [-0.2, 0) is 0 Å². The van der Waals surface area contributed by atoms with Crippen LogP contribution in [0.3, 0.4) is 0 Å². The van der Waals surface area contributed by atoms with Crippen LogP contribution in [-0.4, -0.2) is 0 Å². The Hall–Kier alpha value is -4.92. The Morgan fingerprint density at radius 3 is 1.88 bits per heavy atom. The van der Waals surface area contributed by atoms with Crippen molar-refractivity contribution in [3.63, 3.8) is 0 Å². The molecule has 0 saturated heterocycles. The Kier molecular flexibility index (Phi) is 4.55. The van der Waals surface area contributed by atoms with Gasteiger partial charge in [-0.3, -0.25) is 0 Å². The van der Waals surface area contributed by atoms with E-state index in [1.165, 1.54) is 75.4 Å². The molecule has 2 aromatic heterocycles. The summed E-state index contributed by atoms with van der Waals surface area (Å²) in [5, 5.41) is 13.4. The maximum atomic E-state index is 6.32. The van der Waals surface area contributed by atoms with Crippen molar-refractivity contribution in [3.05, 3.63) is 133 Å². The van der Waals surface area contributed by atoms with Crippen LogP contribution in [0.4, 0.5) is 0 Å². The van der Waals surface area contributed by atoms with Crippen molar-refractivity contribution in [2.45, 2.75) is 0 Å². The molecule has 0 spiro atoms. The first-order valence-corrected chi connectivity index (χ1v) is 14.5. The zero-order valence-corrected chi connectivity index (χ0v) is 22.3. The van der Waals surface area contributed by atoms with E-state index in [1.54, 1.807) is 11.3 Å². The van der Waals surface area contributed by atoms with Gasteiger partial charge in [0.25, 0.3) is 0 Å². The van der Waals surface area contributed by atoms with Gasteiger partial charge in [0.05, 0.1) is 0 Å². The molecule has 0 aliphatic carbocycles. The predicted molar refractivity (Wildman–Crippen MR) is 172 cm³/mol. The summed E-state index contributed by atoms with van der Waals surface area (Å²) in [4.78, 5) is 0. The lowest BCUT2D eigenvalue weighted by Crippen LogP contribution is -1.91. The highest BCUT2D eigenvalue weighted by Crippen LogP contribution is 2.46. The molecule has 0 radical (unpaired) electrons. The Morgan fingerprint density at radius 2 is 1.10 bits per heavy atom. The van der Waals surface area contributed by atoms with Gasteiger partial charge in [-0.25, -0.2) is 0 Å². The van der Waals surface area contributed by atoms with Gasteiger partial charge in [0.2, 0.25) is 0 Å². The number of thiophene rings is 1. The molecule has 0 saturated carbocycles. The third kappa shape index (κ3) is 3.03. The summed E-state index contributed by atoms with van der Waals surface area (Å²) in [5.41, 5.74) is 6.91. The molecule has 0 bridgehead atoms. The van der Waals surface area contributed by atoms with E-state index in [2.05, 4.69) is 133 Å². The fraction of sp³-hybridized carbons (Fsp3) is 0. The predicted octanol–water partition coefficient (Wildman–Crippen LogP) is 11.6. The molecule has 9 rings (SSSR count). The van der Waals surface area contributed by atoms with Crippen LogP contribution in [0.2, 0.25) is 0 Å². The van der Waals surface area contributed by atoms with Crippen LogP contribution in [0.5, 0.6) is 0 Å². The summed E-state index contributed by atoms with van der Waals surface area (Å²) in [7, 11) is 0. The monoisotopic (exact) mass is 526 g/mol. The first-order chi connectivity index (χ1) is 19.8. The third-order valence-corrected chi connectivity index (χ3v) is 9.23. The average molecular weight is 527 g/mol. The second kappa shape index (κ2) is 8.29. The number of hydrogen-bond donors (Lipinski definition) is 0. The van der Waals surface area contributed by atoms with Crippen molar-refractivity contribution in [3.8, 4) is 22.3 Å². The quantitative estimate of drug-likeness (QED) is 0.204. The van der Waals surface area contributed by atoms with E-state index in [-0.39, 0.29) is 0 Å². The minimum atomic E-state index is 0.929. The maximum absolute atomic E-state index is 6.32. The highest BCUT2D eigenvalue weighted by molar-refractivity contribution is 7.17. The van der Waals surface area contributed by atoms with Gasteiger partial charge in [0.1, 0.15) is 11.2 Å². The van der Waals surface area contributed by atoms with Crippen LogP contribution in [0.25, 0.3) is 86.6 Å². The summed E-state index contributed by atoms with van der Waals surface area (Å²) in [6, 6.07) is 46.3. The van der Waals surface area contributed by atoms with E-state index in [0.717, 1.165) is 11.2 Å². The molecule has 0 aliphatic rings. The zero-order valence-electron chi connectivity index (χ0n) is 21.5. The first kappa shape index (κ1) is 22.0. The van der Waals surface area contributed by atoms with E-state index in [0.29, 0.717) is 0 Å². The highest BCUT2D eigenvalue weighted by atomic mass is 32.1. The van der Waals surface area contributed by atoms with Crippen molar-refractivity contribution >= 4 is 75.7 Å². The average Bonchev–Trinajstić information content (AvgIpc) is 3.63. The van der Waals surface area contributed by atoms with Gasteiger partial charge in [0, 0.05) is 20.9 Å². The van der Waals surface area contributed by atoms with Gasteiger partial charge in [-0.2, -0.15) is 0 Å². The molecule has 0 atom stereocenters. The minimum absolute atomic E-state index is 0.929. The van der Waals surface area contributed by atoms with E-state index in [1.807, 2.05) is 0 Å². The third-order valence-electron chi connectivity index (χ3n) is 8.34. The molecule has 186 valence electrons. The summed E-state index contributed by atoms with van der Waals surface area (Å²) >= 11 is 1.78. The summed E-state index contributed by atoms with van der Waals surface area (Å²) in [6.07, 6.45) is 0. The van der Waals surface area contributed by atoms with Crippen LogP contribution >= 0.6 is 11.3 Å². The van der Waals surface area contributed by atoms with Gasteiger partial charge in [-0.15, -0.1) is 11.3 Å². The van der Waals surface area contributed by atoms with Crippen molar-refractivity contribution in [1.29, 1.82) is 0 Å². The Bertz CT molecular complexity index is 2380. The van der Waals surface area contributed by atoms with Crippen molar-refractivity contribution in [2.24, 2.45) is 0 Å². The largest absolute Gasteiger partial charge is 0.456 e. The van der Waals surface area contributed by atoms with Crippen molar-refractivity contribution in [1.82, 2.24) is 0 Å². The number of fused-ring (bicyclic) bond motifs is 8. The molecule has 0 unspecified atom stereocenters. The molecule has 40 heavy (non-hydrogen) atoms. The minimum Gasteiger partial charge on any atom is -0.456 e. The van der Waals surface area contributed by atoms with Gasteiger partial charge in [-0.1, -0.05) is 97.1 Å². The van der Waals surface area contributed by atoms with E-state index in [4.69, 9.17) is 4.42 Å². The SMILES string of the molecule is c1ccc2c(-c3c4ccccc4c(-c4ccc5oc6ccc7sccc7c6c5c4)c4ccccc34)cccc2c1. The molecule has 0 N–H and O–H groups in total. The molecule has 1 nitrogen and oxygen atoms in total. The van der Waals surface area contributed by atoms with Crippen LogP contribution in [0, 0.1) is 0 Å². The van der Waals surface area contributed by atoms with Crippen molar-refractivity contribution in [2.75, 3.05) is 0 Å². The molecule has 2 heteroatoms. The lowest BCUT2D eigenvalue weighted by molar-refractivity contribution is 0.669. The molecule has 2 heterocycles. The van der Waals surface area contributed by atoms with Crippen LogP contribution < -0.4 is 0 Å². The van der Waals surface area contributed by atoms with Crippen LogP contribution in [0.1, 0.15) is 0 Å². The Balaban J connectivity index is 1.42. The summed E-state index contributed by atoms with van der Waals surface area (Å²) in [6.45, 7) is 0. The fourth-order valence-electron chi connectivity index (χ4n) is 6.65. The zero-order chi connectivity index (χ0) is 26.2. The summed E-state index contributed by atoms with van der Waals surface area (Å²) in [5.74, 6) is 0. The van der Waals surface area contributed by atoms with Gasteiger partial charge < -0.3 is 4.42 Å². The lowest BCUT2D eigenvalue weighted by atomic mass is 9.84. The van der Waals surface area contributed by atoms with E-state index >= 15 is 0 Å². The van der Waals surface area contributed by atoms with Gasteiger partial charge in [-0.05, 0) is 90.3 Å². The Labute approximate surface area is 234 Å². The number of furan rings is 1. The second-order valence-electron chi connectivity index (χ2n) is 10.5. The first-order valence-electron chi connectivity index (χ1n) is 13.6. The normalized spacial score (nSPS) is 12.0. The van der Waals surface area contributed by atoms with Gasteiger partial charge in [0.15, 0.2) is 0 Å². The number of rotatable bonds is 2. The van der Waals surface area contributed by atoms with Gasteiger partial charge >= 0.3 is 0 Å². The van der Waals surface area contributed by atoms with Crippen molar-refractivity contribution < 1.29 is 4.42 Å². The molecule has 7 aromatic carbocycles. The molecular formula is C38H22OS. The molecule has 0 aliphatic heterocycles. The maximum Gasteiger partial charge on any atom is 0.136 e. The standard InChI is InChI=1S/C38H22OS/c1-2-10-25-23(8-1)9-7-15-26(25)37-29-13-5-3-11-27(29)36(28-12-4-6-14-30(28)37)24-16-17-33-32(22-24)38-31-20-21-40-35(31)19-18-34(38)39-33/h1-22H. The van der Waals surface area contributed by atoms with E-state index < -0.39 is 0 Å². The van der Waals surface area contributed by atoms with Crippen LogP contribution in [0.15, 0.2) is 137 Å². The molecular weight excluding hydrogens is 504 g/mol. The highest BCUT2D eigenvalue weighted by Gasteiger charge is 2.19. The lowest BCUT2D eigenvalue weighted by Gasteiger charge is -2.18. The molecule has 0 fully saturated rings. The smallest absolute Gasteiger partial charge is 0.136 e. The number of hydrogen-bond acceptors (Lipinski definition) is 2. The second-order valence-corrected chi connectivity index (χ2v) is 11.4. The molecule has 9 aromatic rings. The fourth-order valence-corrected chi connectivity index (χ4v) is 7.44. The van der Waals surface area contributed by atoms with E-state index in [9.17, 15) is 0 Å². The number of benzene rings is 7. The Morgan fingerprint density at radius 1 is 0.450 bits per heavy atom. The molecule has 0 amide bonds. The topological polar surface area (TPSA) is 13.1 Å².